The summed E-state index contributed by atoms with van der Waals surface area (Å²) in [7, 11) is 0. The van der Waals surface area contributed by atoms with Gasteiger partial charge in [-0.05, 0) is 78.4 Å². The Balaban J connectivity index is 2.49. The molecular weight excluding hydrogens is 290 g/mol. The monoisotopic (exact) mass is 327 g/mol. The molecule has 23 heavy (non-hydrogen) atoms. The number of nitrogens with one attached hydrogen (secondary N) is 3. The van der Waals surface area contributed by atoms with E-state index in [1.807, 2.05) is 20.8 Å². The molecule has 1 saturated heterocycles. The highest BCUT2D eigenvalue weighted by molar-refractivity contribution is 5.67. The number of amides is 1. The number of carbonyl (C=O) groups is 1. The minimum absolute atomic E-state index is 0.101. The Bertz CT molecular complexity index is 360. The summed E-state index contributed by atoms with van der Waals surface area (Å²) in [6.07, 6.45) is 3.14. The third-order valence-electron chi connectivity index (χ3n) is 4.16. The number of carbonyl (C=O) groups excluding carboxylic acids is 1. The highest BCUT2D eigenvalue weighted by Crippen LogP contribution is 2.18. The number of rotatable bonds is 7. The summed E-state index contributed by atoms with van der Waals surface area (Å²) < 4.78 is 5.35. The second-order valence-corrected chi connectivity index (χ2v) is 8.59. The van der Waals surface area contributed by atoms with Crippen molar-refractivity contribution in [3.63, 3.8) is 0 Å². The number of piperidine rings is 1. The van der Waals surface area contributed by atoms with E-state index in [1.54, 1.807) is 0 Å². The predicted octanol–water partition coefficient (Wildman–Crippen LogP) is 2.91. The molecule has 0 radical (unpaired) electrons. The number of hydrogen-bond donors (Lipinski definition) is 3. The van der Waals surface area contributed by atoms with Gasteiger partial charge in [0.25, 0.3) is 0 Å². The summed E-state index contributed by atoms with van der Waals surface area (Å²) in [6.45, 7) is 16.1. The van der Waals surface area contributed by atoms with Crippen LogP contribution in [0.1, 0.15) is 60.8 Å². The normalized spacial score (nSPS) is 19.4. The molecule has 0 aromatic rings. The fourth-order valence-electron chi connectivity index (χ4n) is 3.17. The first kappa shape index (κ1) is 20.2. The van der Waals surface area contributed by atoms with E-state index in [1.165, 1.54) is 12.8 Å². The molecule has 5 nitrogen and oxygen atoms in total. The zero-order chi connectivity index (χ0) is 17.5. The fourth-order valence-corrected chi connectivity index (χ4v) is 3.17. The highest BCUT2D eigenvalue weighted by Gasteiger charge is 2.28. The molecule has 1 rings (SSSR count). The minimum atomic E-state index is -0.457. The Hall–Kier alpha value is -0.810. The largest absolute Gasteiger partial charge is 0.444 e. The molecule has 1 heterocycles. The molecule has 1 unspecified atom stereocenters. The van der Waals surface area contributed by atoms with E-state index in [9.17, 15) is 4.79 Å². The SMILES string of the molecule is CC(C)CC(C)(CNC(=O)OC(C)(C)C)NCC1CCNCC1. The first-order chi connectivity index (χ1) is 10.6. The van der Waals surface area contributed by atoms with Crippen LogP contribution >= 0.6 is 0 Å². The number of hydrogen-bond acceptors (Lipinski definition) is 4. The van der Waals surface area contributed by atoms with Gasteiger partial charge in [-0.3, -0.25) is 0 Å². The van der Waals surface area contributed by atoms with Crippen LogP contribution in [0, 0.1) is 11.8 Å². The lowest BCUT2D eigenvalue weighted by Crippen LogP contribution is -2.54. The molecule has 0 aromatic carbocycles. The van der Waals surface area contributed by atoms with Crippen LogP contribution in [0.15, 0.2) is 0 Å². The van der Waals surface area contributed by atoms with Gasteiger partial charge in [0.2, 0.25) is 0 Å². The first-order valence-electron chi connectivity index (χ1n) is 9.02. The summed E-state index contributed by atoms with van der Waals surface area (Å²) in [6, 6.07) is 0. The van der Waals surface area contributed by atoms with Crippen molar-refractivity contribution in [1.82, 2.24) is 16.0 Å². The Labute approximate surface area is 142 Å². The van der Waals surface area contributed by atoms with E-state index in [0.29, 0.717) is 12.5 Å². The molecule has 0 aliphatic carbocycles. The first-order valence-corrected chi connectivity index (χ1v) is 9.02. The summed E-state index contributed by atoms with van der Waals surface area (Å²) in [5.41, 5.74) is -0.559. The van der Waals surface area contributed by atoms with Gasteiger partial charge in [0.1, 0.15) is 5.60 Å². The average molecular weight is 328 g/mol. The van der Waals surface area contributed by atoms with Gasteiger partial charge in [-0.15, -0.1) is 0 Å². The second kappa shape index (κ2) is 8.88. The summed E-state index contributed by atoms with van der Waals surface area (Å²) in [5.74, 6) is 1.30. The van der Waals surface area contributed by atoms with Crippen molar-refractivity contribution in [3.05, 3.63) is 0 Å². The van der Waals surface area contributed by atoms with Gasteiger partial charge in [-0.2, -0.15) is 0 Å². The fraction of sp³-hybridized carbons (Fsp3) is 0.944. The van der Waals surface area contributed by atoms with E-state index in [0.717, 1.165) is 32.0 Å². The van der Waals surface area contributed by atoms with Gasteiger partial charge < -0.3 is 20.7 Å². The third-order valence-corrected chi connectivity index (χ3v) is 4.16. The topological polar surface area (TPSA) is 62.4 Å². The Kier molecular flexibility index (Phi) is 7.81. The van der Waals surface area contributed by atoms with Crippen LogP contribution in [0.3, 0.4) is 0 Å². The van der Waals surface area contributed by atoms with Crippen LogP contribution in [0.2, 0.25) is 0 Å². The molecule has 0 aromatic heterocycles. The molecule has 5 heteroatoms. The van der Waals surface area contributed by atoms with Crippen LogP contribution < -0.4 is 16.0 Å². The van der Waals surface area contributed by atoms with Gasteiger partial charge >= 0.3 is 6.09 Å². The van der Waals surface area contributed by atoms with Crippen molar-refractivity contribution < 1.29 is 9.53 Å². The molecular formula is C18H37N3O2. The Morgan fingerprint density at radius 1 is 1.22 bits per heavy atom. The van der Waals surface area contributed by atoms with E-state index in [-0.39, 0.29) is 11.6 Å². The lowest BCUT2D eigenvalue weighted by atomic mass is 9.89. The molecule has 1 fully saturated rings. The standard InChI is InChI=1S/C18H37N3O2/c1-14(2)11-18(6,13-20-16(22)23-17(3,4)5)21-12-15-7-9-19-10-8-15/h14-15,19,21H,7-13H2,1-6H3,(H,20,22). The molecule has 136 valence electrons. The van der Waals surface area contributed by atoms with Crippen LogP contribution in [-0.4, -0.2) is 43.4 Å². The maximum Gasteiger partial charge on any atom is 0.407 e. The number of ether oxygens (including phenoxy) is 1. The van der Waals surface area contributed by atoms with Crippen molar-refractivity contribution >= 4 is 6.09 Å². The molecule has 1 amide bonds. The summed E-state index contributed by atoms with van der Waals surface area (Å²) in [4.78, 5) is 11.9. The van der Waals surface area contributed by atoms with Crippen LogP contribution in [0.4, 0.5) is 4.79 Å². The average Bonchev–Trinajstić information content (AvgIpc) is 2.42. The van der Waals surface area contributed by atoms with E-state index in [4.69, 9.17) is 4.74 Å². The third kappa shape index (κ3) is 9.16. The van der Waals surface area contributed by atoms with Gasteiger partial charge in [0.05, 0.1) is 0 Å². The van der Waals surface area contributed by atoms with Crippen LogP contribution in [0.25, 0.3) is 0 Å². The van der Waals surface area contributed by atoms with Gasteiger partial charge in [-0.25, -0.2) is 4.79 Å². The summed E-state index contributed by atoms with van der Waals surface area (Å²) >= 11 is 0. The predicted molar refractivity (Wildman–Crippen MR) is 95.7 cm³/mol. The van der Waals surface area contributed by atoms with Crippen LogP contribution in [0.5, 0.6) is 0 Å². The maximum absolute atomic E-state index is 11.9. The smallest absolute Gasteiger partial charge is 0.407 e. The van der Waals surface area contributed by atoms with Crippen LogP contribution in [-0.2, 0) is 4.74 Å². The molecule has 0 bridgehead atoms. The quantitative estimate of drug-likeness (QED) is 0.673. The van der Waals surface area contributed by atoms with E-state index in [2.05, 4.69) is 36.7 Å². The lowest BCUT2D eigenvalue weighted by Gasteiger charge is -2.35. The van der Waals surface area contributed by atoms with Gasteiger partial charge in [0.15, 0.2) is 0 Å². The van der Waals surface area contributed by atoms with Crippen molar-refractivity contribution in [3.8, 4) is 0 Å². The Morgan fingerprint density at radius 2 is 1.83 bits per heavy atom. The molecule has 1 atom stereocenters. The van der Waals surface area contributed by atoms with Gasteiger partial charge in [0, 0.05) is 12.1 Å². The van der Waals surface area contributed by atoms with Crippen molar-refractivity contribution in [2.75, 3.05) is 26.2 Å². The molecule has 3 N–H and O–H groups in total. The van der Waals surface area contributed by atoms with Crippen molar-refractivity contribution in [2.24, 2.45) is 11.8 Å². The number of alkyl carbamates (subject to hydrolysis) is 1. The molecule has 1 aliphatic rings. The zero-order valence-corrected chi connectivity index (χ0v) is 15.9. The van der Waals surface area contributed by atoms with E-state index >= 15 is 0 Å². The lowest BCUT2D eigenvalue weighted by molar-refractivity contribution is 0.0506. The van der Waals surface area contributed by atoms with Gasteiger partial charge in [-0.1, -0.05) is 13.8 Å². The maximum atomic E-state index is 11.9. The minimum Gasteiger partial charge on any atom is -0.444 e. The summed E-state index contributed by atoms with van der Waals surface area (Å²) in [5, 5.41) is 10.1. The van der Waals surface area contributed by atoms with E-state index < -0.39 is 5.60 Å². The highest BCUT2D eigenvalue weighted by atomic mass is 16.6. The van der Waals surface area contributed by atoms with Crippen molar-refractivity contribution in [1.29, 1.82) is 0 Å². The molecule has 0 spiro atoms. The molecule has 0 saturated carbocycles. The molecule has 1 aliphatic heterocycles. The Morgan fingerprint density at radius 3 is 2.35 bits per heavy atom. The second-order valence-electron chi connectivity index (χ2n) is 8.59. The zero-order valence-electron chi connectivity index (χ0n) is 15.9. The van der Waals surface area contributed by atoms with Crippen molar-refractivity contribution in [2.45, 2.75) is 71.9 Å².